The fourth-order valence-corrected chi connectivity index (χ4v) is 5.23. The van der Waals surface area contributed by atoms with Gasteiger partial charge >= 0.3 is 0 Å². The average Bonchev–Trinajstić information content (AvgIpc) is 3.15. The Morgan fingerprint density at radius 3 is 2.79 bits per heavy atom. The lowest BCUT2D eigenvalue weighted by molar-refractivity contribution is -0.138. The van der Waals surface area contributed by atoms with Crippen molar-refractivity contribution in [1.29, 1.82) is 0 Å². The highest BCUT2D eigenvalue weighted by molar-refractivity contribution is 5.78. The summed E-state index contributed by atoms with van der Waals surface area (Å²) in [6.07, 6.45) is 4.70. The number of piperidine rings is 2. The first kappa shape index (κ1) is 19.6. The van der Waals surface area contributed by atoms with Gasteiger partial charge in [-0.05, 0) is 61.8 Å². The van der Waals surface area contributed by atoms with Crippen LogP contribution < -0.4 is 9.47 Å². The summed E-state index contributed by atoms with van der Waals surface area (Å²) >= 11 is 0. The fourth-order valence-electron chi connectivity index (χ4n) is 5.23. The SMILES string of the molecule is CC(Cc1ccc2c(c1)OCO2)CN1CCC[C@@H]2CN(C(=O)C(C)C)CC[C@H]21. The highest BCUT2D eigenvalue weighted by Gasteiger charge is 2.37. The van der Waals surface area contributed by atoms with Crippen LogP contribution in [0, 0.1) is 17.8 Å². The third kappa shape index (κ3) is 4.14. The van der Waals surface area contributed by atoms with E-state index in [-0.39, 0.29) is 5.92 Å². The van der Waals surface area contributed by atoms with Crippen LogP contribution in [0.4, 0.5) is 0 Å². The van der Waals surface area contributed by atoms with Crippen molar-refractivity contribution in [2.24, 2.45) is 17.8 Å². The van der Waals surface area contributed by atoms with Crippen LogP contribution in [0.25, 0.3) is 0 Å². The first-order valence-electron chi connectivity index (χ1n) is 10.9. The van der Waals surface area contributed by atoms with E-state index in [4.69, 9.17) is 9.47 Å². The van der Waals surface area contributed by atoms with Crippen LogP contribution in [0.15, 0.2) is 18.2 Å². The Kier molecular flexibility index (Phi) is 5.81. The van der Waals surface area contributed by atoms with E-state index in [9.17, 15) is 4.79 Å². The number of carbonyl (C=O) groups excluding carboxylic acids is 1. The van der Waals surface area contributed by atoms with E-state index in [1.165, 1.54) is 24.9 Å². The molecule has 0 bridgehead atoms. The normalized spacial score (nSPS) is 25.6. The number of rotatable bonds is 5. The first-order chi connectivity index (χ1) is 13.5. The highest BCUT2D eigenvalue weighted by atomic mass is 16.7. The number of ether oxygens (including phenoxy) is 2. The Balaban J connectivity index is 1.34. The van der Waals surface area contributed by atoms with E-state index in [2.05, 4.69) is 28.9 Å². The summed E-state index contributed by atoms with van der Waals surface area (Å²) in [5.41, 5.74) is 1.32. The van der Waals surface area contributed by atoms with Crippen molar-refractivity contribution in [1.82, 2.24) is 9.80 Å². The topological polar surface area (TPSA) is 42.0 Å². The Morgan fingerprint density at radius 2 is 1.96 bits per heavy atom. The lowest BCUT2D eigenvalue weighted by atomic mass is 9.82. The summed E-state index contributed by atoms with van der Waals surface area (Å²) in [6, 6.07) is 6.97. The standard InChI is InChI=1S/C23H34N2O3/c1-16(2)23(26)25-10-8-20-19(14-25)5-4-9-24(20)13-17(3)11-18-6-7-21-22(12-18)28-15-27-21/h6-7,12,16-17,19-20H,4-5,8-11,13-15H2,1-3H3/t17?,19-,20-/m1/s1. The van der Waals surface area contributed by atoms with Crippen molar-refractivity contribution in [3.8, 4) is 11.5 Å². The predicted molar refractivity (Wildman–Crippen MR) is 110 cm³/mol. The minimum absolute atomic E-state index is 0.109. The molecule has 1 aromatic carbocycles. The van der Waals surface area contributed by atoms with E-state index in [1.54, 1.807) is 0 Å². The molecule has 0 spiro atoms. The van der Waals surface area contributed by atoms with Crippen LogP contribution >= 0.6 is 0 Å². The van der Waals surface area contributed by atoms with Gasteiger partial charge in [0.1, 0.15) is 0 Å². The molecule has 2 fully saturated rings. The molecule has 0 radical (unpaired) electrons. The van der Waals surface area contributed by atoms with Crippen LogP contribution in [-0.4, -0.2) is 54.7 Å². The van der Waals surface area contributed by atoms with Gasteiger partial charge < -0.3 is 14.4 Å². The molecule has 3 aliphatic heterocycles. The third-order valence-electron chi connectivity index (χ3n) is 6.56. The van der Waals surface area contributed by atoms with E-state index in [0.717, 1.165) is 44.0 Å². The number of nitrogens with zero attached hydrogens (tertiary/aromatic N) is 2. The molecule has 1 aromatic rings. The molecule has 5 nitrogen and oxygen atoms in total. The molecule has 0 aromatic heterocycles. The Bertz CT molecular complexity index is 705. The van der Waals surface area contributed by atoms with Gasteiger partial charge in [0.2, 0.25) is 12.7 Å². The summed E-state index contributed by atoms with van der Waals surface area (Å²) in [4.78, 5) is 17.2. The molecule has 2 saturated heterocycles. The Hall–Kier alpha value is -1.75. The second kappa shape index (κ2) is 8.32. The van der Waals surface area contributed by atoms with Gasteiger partial charge in [-0.1, -0.05) is 26.8 Å². The smallest absolute Gasteiger partial charge is 0.231 e. The van der Waals surface area contributed by atoms with Gasteiger partial charge in [-0.2, -0.15) is 0 Å². The molecule has 0 N–H and O–H groups in total. The molecule has 5 heteroatoms. The molecule has 3 aliphatic rings. The van der Waals surface area contributed by atoms with Crippen molar-refractivity contribution >= 4 is 5.91 Å². The van der Waals surface area contributed by atoms with Crippen LogP contribution in [0.1, 0.15) is 45.6 Å². The van der Waals surface area contributed by atoms with Gasteiger partial charge in [-0.15, -0.1) is 0 Å². The largest absolute Gasteiger partial charge is 0.454 e. The number of benzene rings is 1. The molecule has 1 unspecified atom stereocenters. The van der Waals surface area contributed by atoms with Gasteiger partial charge in [-0.25, -0.2) is 0 Å². The van der Waals surface area contributed by atoms with E-state index in [1.807, 2.05) is 19.9 Å². The number of fused-ring (bicyclic) bond motifs is 2. The van der Waals surface area contributed by atoms with Crippen molar-refractivity contribution < 1.29 is 14.3 Å². The zero-order valence-electron chi connectivity index (χ0n) is 17.5. The van der Waals surface area contributed by atoms with E-state index >= 15 is 0 Å². The number of amides is 1. The monoisotopic (exact) mass is 386 g/mol. The second-order valence-corrected chi connectivity index (χ2v) is 9.19. The minimum atomic E-state index is 0.109. The molecule has 1 amide bonds. The lowest BCUT2D eigenvalue weighted by Gasteiger charge is -2.48. The molecule has 154 valence electrons. The molecule has 0 aliphatic carbocycles. The van der Waals surface area contributed by atoms with E-state index < -0.39 is 0 Å². The summed E-state index contributed by atoms with van der Waals surface area (Å²) < 4.78 is 10.9. The zero-order valence-corrected chi connectivity index (χ0v) is 17.5. The van der Waals surface area contributed by atoms with Crippen molar-refractivity contribution in [3.63, 3.8) is 0 Å². The fraction of sp³-hybridized carbons (Fsp3) is 0.696. The quantitative estimate of drug-likeness (QED) is 0.776. The number of carbonyl (C=O) groups is 1. The molecule has 28 heavy (non-hydrogen) atoms. The van der Waals surface area contributed by atoms with Crippen LogP contribution in [0.2, 0.25) is 0 Å². The molecule has 4 rings (SSSR count). The van der Waals surface area contributed by atoms with Gasteiger partial charge in [0.25, 0.3) is 0 Å². The Labute approximate surface area is 169 Å². The van der Waals surface area contributed by atoms with Crippen molar-refractivity contribution in [2.45, 2.75) is 52.5 Å². The molecular weight excluding hydrogens is 352 g/mol. The first-order valence-corrected chi connectivity index (χ1v) is 10.9. The Morgan fingerprint density at radius 1 is 1.14 bits per heavy atom. The van der Waals surface area contributed by atoms with E-state index in [0.29, 0.717) is 30.6 Å². The van der Waals surface area contributed by atoms with Gasteiger partial charge in [0, 0.05) is 31.6 Å². The molecule has 0 saturated carbocycles. The van der Waals surface area contributed by atoms with Gasteiger partial charge in [-0.3, -0.25) is 9.69 Å². The van der Waals surface area contributed by atoms with Gasteiger partial charge in [0.15, 0.2) is 11.5 Å². The zero-order chi connectivity index (χ0) is 19.7. The lowest BCUT2D eigenvalue weighted by Crippen LogP contribution is -2.56. The molecule has 3 atom stereocenters. The summed E-state index contributed by atoms with van der Waals surface area (Å²) in [5.74, 6) is 3.41. The second-order valence-electron chi connectivity index (χ2n) is 9.19. The third-order valence-corrected chi connectivity index (χ3v) is 6.56. The summed E-state index contributed by atoms with van der Waals surface area (Å²) in [6.45, 7) is 10.9. The minimum Gasteiger partial charge on any atom is -0.454 e. The highest BCUT2D eigenvalue weighted by Crippen LogP contribution is 2.34. The molecular formula is C23H34N2O3. The molecule has 3 heterocycles. The van der Waals surface area contributed by atoms with Crippen molar-refractivity contribution in [3.05, 3.63) is 23.8 Å². The number of hydrogen-bond acceptors (Lipinski definition) is 4. The van der Waals surface area contributed by atoms with Crippen LogP contribution in [0.5, 0.6) is 11.5 Å². The summed E-state index contributed by atoms with van der Waals surface area (Å²) in [7, 11) is 0. The summed E-state index contributed by atoms with van der Waals surface area (Å²) in [5, 5.41) is 0. The van der Waals surface area contributed by atoms with Crippen LogP contribution in [0.3, 0.4) is 0 Å². The average molecular weight is 387 g/mol. The maximum absolute atomic E-state index is 12.4. The van der Waals surface area contributed by atoms with Crippen molar-refractivity contribution in [2.75, 3.05) is 33.0 Å². The van der Waals surface area contributed by atoms with Gasteiger partial charge in [0.05, 0.1) is 0 Å². The predicted octanol–water partition coefficient (Wildman–Crippen LogP) is 3.56. The number of likely N-dealkylation sites (tertiary alicyclic amines) is 2. The maximum atomic E-state index is 12.4. The van der Waals surface area contributed by atoms with Crippen LogP contribution in [-0.2, 0) is 11.2 Å². The maximum Gasteiger partial charge on any atom is 0.231 e. The number of hydrogen-bond donors (Lipinski definition) is 0.